The molecule has 0 saturated carbocycles. The summed E-state index contributed by atoms with van der Waals surface area (Å²) in [5.74, 6) is -0.664. The minimum Gasteiger partial charge on any atom is -0.494 e. The molecule has 0 spiro atoms. The topological polar surface area (TPSA) is 89.0 Å². The highest BCUT2D eigenvalue weighted by molar-refractivity contribution is 7.13. The van der Waals surface area contributed by atoms with Crippen molar-refractivity contribution in [3.8, 4) is 16.3 Å². The molecular formula is C18H20N2O5S. The van der Waals surface area contributed by atoms with Crippen molar-refractivity contribution >= 4 is 23.2 Å². The number of thiazole rings is 1. The summed E-state index contributed by atoms with van der Waals surface area (Å²) in [5, 5.41) is 11.6. The van der Waals surface area contributed by atoms with Crippen LogP contribution in [-0.4, -0.2) is 59.3 Å². The van der Waals surface area contributed by atoms with Crippen LogP contribution in [0.15, 0.2) is 29.6 Å². The van der Waals surface area contributed by atoms with E-state index in [1.807, 2.05) is 31.2 Å². The van der Waals surface area contributed by atoms with Crippen molar-refractivity contribution < 1.29 is 24.2 Å². The van der Waals surface area contributed by atoms with Crippen molar-refractivity contribution in [3.63, 3.8) is 0 Å². The number of aliphatic carboxylic acids is 1. The highest BCUT2D eigenvalue weighted by Gasteiger charge is 2.34. The highest BCUT2D eigenvalue weighted by atomic mass is 32.1. The molecule has 3 rings (SSSR count). The van der Waals surface area contributed by atoms with Gasteiger partial charge in [-0.25, -0.2) is 9.78 Å². The first-order valence-electron chi connectivity index (χ1n) is 8.40. The molecular weight excluding hydrogens is 356 g/mol. The molecule has 1 N–H and O–H groups in total. The molecule has 26 heavy (non-hydrogen) atoms. The van der Waals surface area contributed by atoms with E-state index >= 15 is 0 Å². The van der Waals surface area contributed by atoms with Crippen LogP contribution in [0, 0.1) is 0 Å². The minimum absolute atomic E-state index is 0.00269. The third-order valence-electron chi connectivity index (χ3n) is 3.97. The average Bonchev–Trinajstić information content (AvgIpc) is 3.16. The van der Waals surface area contributed by atoms with Gasteiger partial charge in [0.25, 0.3) is 5.91 Å². The maximum absolute atomic E-state index is 12.7. The highest BCUT2D eigenvalue weighted by Crippen LogP contribution is 2.26. The molecule has 1 aliphatic rings. The number of carbonyl (C=O) groups is 2. The Kier molecular flexibility index (Phi) is 5.85. The number of ether oxygens (including phenoxy) is 2. The Hall–Kier alpha value is -2.45. The lowest BCUT2D eigenvalue weighted by molar-refractivity contribution is -0.147. The second kappa shape index (κ2) is 8.29. The van der Waals surface area contributed by atoms with Gasteiger partial charge in [-0.2, -0.15) is 0 Å². The Labute approximate surface area is 155 Å². The summed E-state index contributed by atoms with van der Waals surface area (Å²) in [5.41, 5.74) is 1.14. The van der Waals surface area contributed by atoms with Crippen molar-refractivity contribution in [2.75, 3.05) is 26.4 Å². The van der Waals surface area contributed by atoms with E-state index in [1.54, 1.807) is 5.38 Å². The van der Waals surface area contributed by atoms with Crippen LogP contribution in [0.4, 0.5) is 0 Å². The number of morpholine rings is 1. The van der Waals surface area contributed by atoms with Crippen LogP contribution >= 0.6 is 11.3 Å². The molecule has 138 valence electrons. The van der Waals surface area contributed by atoms with Crippen LogP contribution < -0.4 is 4.74 Å². The van der Waals surface area contributed by atoms with Gasteiger partial charge in [-0.3, -0.25) is 4.79 Å². The molecule has 0 aliphatic carbocycles. The lowest BCUT2D eigenvalue weighted by Gasteiger charge is -2.32. The van der Waals surface area contributed by atoms with Crippen molar-refractivity contribution in [3.05, 3.63) is 35.3 Å². The number of aromatic nitrogens is 1. The lowest BCUT2D eigenvalue weighted by atomic mass is 10.2. The maximum atomic E-state index is 12.7. The third kappa shape index (κ3) is 4.03. The molecule has 0 bridgehead atoms. The lowest BCUT2D eigenvalue weighted by Crippen LogP contribution is -2.52. The molecule has 0 unspecified atom stereocenters. The van der Waals surface area contributed by atoms with E-state index in [0.29, 0.717) is 18.2 Å². The van der Waals surface area contributed by atoms with Crippen LogP contribution in [0.25, 0.3) is 10.6 Å². The standard InChI is InChI=1S/C18H20N2O5S/c1-2-8-25-13-5-3-12(4-6-13)16-19-14(11-26-16)17(21)20-7-9-24-10-15(20)18(22)23/h3-6,11,15H,2,7-10H2,1H3,(H,22,23)/t15-/m0/s1. The summed E-state index contributed by atoms with van der Waals surface area (Å²) < 4.78 is 10.7. The normalized spacial score (nSPS) is 17.1. The molecule has 7 nitrogen and oxygen atoms in total. The van der Waals surface area contributed by atoms with Crippen LogP contribution in [-0.2, 0) is 9.53 Å². The van der Waals surface area contributed by atoms with Gasteiger partial charge in [0.2, 0.25) is 0 Å². The minimum atomic E-state index is -1.07. The molecule has 1 aromatic heterocycles. The van der Waals surface area contributed by atoms with Gasteiger partial charge >= 0.3 is 5.97 Å². The molecule has 1 saturated heterocycles. The second-order valence-corrected chi connectivity index (χ2v) is 6.70. The van der Waals surface area contributed by atoms with E-state index in [2.05, 4.69) is 4.98 Å². The van der Waals surface area contributed by atoms with Crippen molar-refractivity contribution in [2.24, 2.45) is 0 Å². The van der Waals surface area contributed by atoms with Crippen LogP contribution in [0.1, 0.15) is 23.8 Å². The molecule has 1 atom stereocenters. The van der Waals surface area contributed by atoms with Crippen LogP contribution in [0.3, 0.4) is 0 Å². The quantitative estimate of drug-likeness (QED) is 0.833. The largest absolute Gasteiger partial charge is 0.494 e. The number of carboxylic acid groups (broad SMARTS) is 1. The molecule has 2 heterocycles. The number of hydrogen-bond donors (Lipinski definition) is 1. The molecule has 1 fully saturated rings. The smallest absolute Gasteiger partial charge is 0.328 e. The maximum Gasteiger partial charge on any atom is 0.328 e. The Morgan fingerprint density at radius 1 is 1.38 bits per heavy atom. The Bertz CT molecular complexity index is 774. The fourth-order valence-corrected chi connectivity index (χ4v) is 3.42. The number of amides is 1. The van der Waals surface area contributed by atoms with Crippen molar-refractivity contribution in [1.82, 2.24) is 9.88 Å². The molecule has 0 radical (unpaired) electrons. The molecule has 1 amide bonds. The first kappa shape index (κ1) is 18.3. The van der Waals surface area contributed by atoms with Crippen LogP contribution in [0.2, 0.25) is 0 Å². The van der Waals surface area contributed by atoms with E-state index in [9.17, 15) is 14.7 Å². The van der Waals surface area contributed by atoms with Gasteiger partial charge in [-0.1, -0.05) is 6.92 Å². The predicted octanol–water partition coefficient (Wildman–Crippen LogP) is 2.52. The Balaban J connectivity index is 1.74. The van der Waals surface area contributed by atoms with E-state index in [-0.39, 0.29) is 24.8 Å². The summed E-state index contributed by atoms with van der Waals surface area (Å²) in [6.07, 6.45) is 0.943. The summed E-state index contributed by atoms with van der Waals surface area (Å²) in [4.78, 5) is 29.7. The summed E-state index contributed by atoms with van der Waals surface area (Å²) in [6, 6.07) is 6.56. The van der Waals surface area contributed by atoms with Gasteiger partial charge in [0.15, 0.2) is 6.04 Å². The Morgan fingerprint density at radius 3 is 2.85 bits per heavy atom. The zero-order valence-corrected chi connectivity index (χ0v) is 15.2. The van der Waals surface area contributed by atoms with E-state index < -0.39 is 12.0 Å². The monoisotopic (exact) mass is 376 g/mol. The van der Waals surface area contributed by atoms with Gasteiger partial charge < -0.3 is 19.5 Å². The van der Waals surface area contributed by atoms with Crippen molar-refractivity contribution in [2.45, 2.75) is 19.4 Å². The number of hydrogen-bond acceptors (Lipinski definition) is 6. The number of rotatable bonds is 6. The zero-order chi connectivity index (χ0) is 18.5. The Morgan fingerprint density at radius 2 is 2.15 bits per heavy atom. The predicted molar refractivity (Wildman–Crippen MR) is 96.6 cm³/mol. The van der Waals surface area contributed by atoms with E-state index in [0.717, 1.165) is 17.7 Å². The first-order valence-corrected chi connectivity index (χ1v) is 9.28. The summed E-state index contributed by atoms with van der Waals surface area (Å²) in [6.45, 7) is 3.28. The summed E-state index contributed by atoms with van der Waals surface area (Å²) >= 11 is 1.35. The van der Waals surface area contributed by atoms with Crippen molar-refractivity contribution in [1.29, 1.82) is 0 Å². The molecule has 8 heteroatoms. The van der Waals surface area contributed by atoms with Gasteiger partial charge in [0.05, 0.1) is 19.8 Å². The van der Waals surface area contributed by atoms with Gasteiger partial charge in [0.1, 0.15) is 16.5 Å². The van der Waals surface area contributed by atoms with Gasteiger partial charge in [-0.15, -0.1) is 11.3 Å². The fraction of sp³-hybridized carbons (Fsp3) is 0.389. The molecule has 1 aromatic carbocycles. The third-order valence-corrected chi connectivity index (χ3v) is 4.86. The van der Waals surface area contributed by atoms with E-state index in [1.165, 1.54) is 16.2 Å². The number of carbonyl (C=O) groups excluding carboxylic acids is 1. The SMILES string of the molecule is CCCOc1ccc(-c2nc(C(=O)N3CCOC[C@H]3C(=O)O)cs2)cc1. The summed E-state index contributed by atoms with van der Waals surface area (Å²) in [7, 11) is 0. The second-order valence-electron chi connectivity index (χ2n) is 5.84. The van der Waals surface area contributed by atoms with E-state index in [4.69, 9.17) is 9.47 Å². The average molecular weight is 376 g/mol. The number of benzene rings is 1. The van der Waals surface area contributed by atoms with Crippen LogP contribution in [0.5, 0.6) is 5.75 Å². The number of nitrogens with zero attached hydrogens (tertiary/aromatic N) is 2. The first-order chi connectivity index (χ1) is 12.6. The van der Waals surface area contributed by atoms with Gasteiger partial charge in [-0.05, 0) is 30.7 Å². The molecule has 1 aliphatic heterocycles. The zero-order valence-electron chi connectivity index (χ0n) is 14.4. The fourth-order valence-electron chi connectivity index (χ4n) is 2.62. The van der Waals surface area contributed by atoms with Gasteiger partial charge in [0, 0.05) is 17.5 Å². The molecule has 2 aromatic rings. The number of carboxylic acids is 1.